The summed E-state index contributed by atoms with van der Waals surface area (Å²) in [6.07, 6.45) is 1.30. The van der Waals surface area contributed by atoms with Crippen LogP contribution in [-0.4, -0.2) is 25.9 Å². The molecule has 0 saturated carbocycles. The number of hydrogen-bond donors (Lipinski definition) is 2. The summed E-state index contributed by atoms with van der Waals surface area (Å²) in [7, 11) is 0. The molecule has 3 aromatic rings. The number of aromatic hydroxyl groups is 1. The summed E-state index contributed by atoms with van der Waals surface area (Å²) in [5.74, 6) is 0.0692. The van der Waals surface area contributed by atoms with Gasteiger partial charge in [-0.2, -0.15) is 9.78 Å². The number of benzene rings is 2. The molecule has 0 bridgehead atoms. The van der Waals surface area contributed by atoms with E-state index in [1.54, 1.807) is 12.1 Å². The second-order valence-corrected chi connectivity index (χ2v) is 4.52. The normalized spacial score (nSPS) is 11.3. The number of nitrogen functional groups attached to an aromatic ring is 1. The number of nitrogens with zero attached hydrogens (tertiary/aromatic N) is 4. The molecular weight excluding hydrogens is 286 g/mol. The lowest BCUT2D eigenvalue weighted by Crippen LogP contribution is -1.98. The Morgan fingerprint density at radius 3 is 2.86 bits per heavy atom. The van der Waals surface area contributed by atoms with Gasteiger partial charge in [0.05, 0.1) is 22.2 Å². The van der Waals surface area contributed by atoms with E-state index in [0.717, 1.165) is 0 Å². The van der Waals surface area contributed by atoms with Crippen molar-refractivity contribution in [3.8, 4) is 5.75 Å². The van der Waals surface area contributed by atoms with Crippen molar-refractivity contribution in [3.05, 3.63) is 58.1 Å². The highest BCUT2D eigenvalue weighted by Gasteiger charge is 2.10. The fraction of sp³-hybridized carbons (Fsp3) is 0. The maximum atomic E-state index is 10.8. The third-order valence-corrected chi connectivity index (χ3v) is 3.10. The van der Waals surface area contributed by atoms with Crippen LogP contribution in [0.25, 0.3) is 11.0 Å². The van der Waals surface area contributed by atoms with E-state index in [4.69, 9.17) is 5.73 Å². The van der Waals surface area contributed by atoms with E-state index < -0.39 is 4.92 Å². The number of phenols is 1. The number of non-ortho nitro benzene ring substituents is 1. The molecule has 0 spiro atoms. The lowest BCUT2D eigenvalue weighted by atomic mass is 10.2. The first-order valence-corrected chi connectivity index (χ1v) is 6.31. The molecule has 2 aromatic carbocycles. The molecular formula is C14H11N5O3. The third kappa shape index (κ3) is 2.33. The lowest BCUT2D eigenvalue weighted by Gasteiger charge is -2.00. The SMILES string of the molecule is Nc1nc2ccccc2n1/N=C\c1cc([N+](=O)[O-])ccc1O. The van der Waals surface area contributed by atoms with Gasteiger partial charge in [-0.25, -0.2) is 4.98 Å². The molecule has 0 aliphatic carbocycles. The number of phenolic OH excluding ortho intramolecular Hbond substituents is 1. The molecule has 8 nitrogen and oxygen atoms in total. The highest BCUT2D eigenvalue weighted by molar-refractivity contribution is 5.86. The number of nitro benzene ring substituents is 1. The van der Waals surface area contributed by atoms with Crippen molar-refractivity contribution in [2.24, 2.45) is 5.10 Å². The molecule has 0 unspecified atom stereocenters. The molecule has 0 aliphatic heterocycles. The molecule has 0 fully saturated rings. The minimum atomic E-state index is -0.544. The molecule has 0 aliphatic rings. The van der Waals surface area contributed by atoms with Crippen LogP contribution in [0.5, 0.6) is 5.75 Å². The van der Waals surface area contributed by atoms with Crippen molar-refractivity contribution in [1.29, 1.82) is 0 Å². The van der Waals surface area contributed by atoms with E-state index in [1.807, 2.05) is 12.1 Å². The molecule has 22 heavy (non-hydrogen) atoms. The average Bonchev–Trinajstić information content (AvgIpc) is 2.81. The molecule has 0 saturated heterocycles. The predicted molar refractivity (Wildman–Crippen MR) is 81.9 cm³/mol. The molecule has 1 aromatic heterocycles. The maximum absolute atomic E-state index is 10.8. The van der Waals surface area contributed by atoms with Gasteiger partial charge in [0.1, 0.15) is 5.75 Å². The fourth-order valence-electron chi connectivity index (χ4n) is 2.03. The zero-order valence-corrected chi connectivity index (χ0v) is 11.2. The standard InChI is InChI=1S/C14H11N5O3/c15-14-17-11-3-1-2-4-12(11)18(14)16-8-9-7-10(19(21)22)5-6-13(9)20/h1-8,20H,(H2,15,17)/b16-8-. The second-order valence-electron chi connectivity index (χ2n) is 4.52. The van der Waals surface area contributed by atoms with Gasteiger partial charge in [0, 0.05) is 17.7 Å². The van der Waals surface area contributed by atoms with Gasteiger partial charge in [-0.05, 0) is 18.2 Å². The number of fused-ring (bicyclic) bond motifs is 1. The van der Waals surface area contributed by atoms with Gasteiger partial charge in [0.25, 0.3) is 5.69 Å². The first kappa shape index (κ1) is 13.6. The van der Waals surface area contributed by atoms with Crippen LogP contribution in [0.1, 0.15) is 5.56 Å². The van der Waals surface area contributed by atoms with Crippen LogP contribution < -0.4 is 5.73 Å². The van der Waals surface area contributed by atoms with Crippen molar-refractivity contribution >= 4 is 28.9 Å². The summed E-state index contributed by atoms with van der Waals surface area (Å²) in [6.45, 7) is 0. The molecule has 3 rings (SSSR count). The number of anilines is 1. The van der Waals surface area contributed by atoms with Crippen LogP contribution in [-0.2, 0) is 0 Å². The van der Waals surface area contributed by atoms with E-state index >= 15 is 0 Å². The topological polar surface area (TPSA) is 120 Å². The van der Waals surface area contributed by atoms with Crippen LogP contribution in [0.2, 0.25) is 0 Å². The van der Waals surface area contributed by atoms with Crippen molar-refractivity contribution < 1.29 is 10.0 Å². The second kappa shape index (κ2) is 5.17. The summed E-state index contributed by atoms with van der Waals surface area (Å²) < 4.78 is 1.40. The Kier molecular flexibility index (Phi) is 3.18. The van der Waals surface area contributed by atoms with Crippen LogP contribution in [0, 0.1) is 10.1 Å². The van der Waals surface area contributed by atoms with Gasteiger partial charge < -0.3 is 10.8 Å². The van der Waals surface area contributed by atoms with Crippen molar-refractivity contribution in [2.75, 3.05) is 5.73 Å². The van der Waals surface area contributed by atoms with Gasteiger partial charge in [0.15, 0.2) is 0 Å². The summed E-state index contributed by atoms with van der Waals surface area (Å²) in [5.41, 5.74) is 7.26. The maximum Gasteiger partial charge on any atom is 0.270 e. The van der Waals surface area contributed by atoms with Crippen molar-refractivity contribution in [3.63, 3.8) is 0 Å². The predicted octanol–water partition coefficient (Wildman–Crippen LogP) is 2.11. The largest absolute Gasteiger partial charge is 0.507 e. The molecule has 8 heteroatoms. The molecule has 110 valence electrons. The van der Waals surface area contributed by atoms with Gasteiger partial charge in [-0.15, -0.1) is 0 Å². The monoisotopic (exact) mass is 297 g/mol. The number of nitrogens with two attached hydrogens (primary N) is 1. The molecule has 0 radical (unpaired) electrons. The third-order valence-electron chi connectivity index (χ3n) is 3.10. The van der Waals surface area contributed by atoms with E-state index in [-0.39, 0.29) is 22.9 Å². The van der Waals surface area contributed by atoms with Gasteiger partial charge >= 0.3 is 0 Å². The van der Waals surface area contributed by atoms with E-state index in [0.29, 0.717) is 11.0 Å². The number of nitro groups is 1. The Morgan fingerprint density at radius 1 is 1.32 bits per heavy atom. The van der Waals surface area contributed by atoms with E-state index in [1.165, 1.54) is 29.1 Å². The zero-order chi connectivity index (χ0) is 15.7. The smallest absolute Gasteiger partial charge is 0.270 e. The molecule has 0 amide bonds. The van der Waals surface area contributed by atoms with Crippen molar-refractivity contribution in [2.45, 2.75) is 0 Å². The number of imidazole rings is 1. The van der Waals surface area contributed by atoms with Crippen molar-refractivity contribution in [1.82, 2.24) is 9.66 Å². The molecule has 1 heterocycles. The molecule has 0 atom stereocenters. The quantitative estimate of drug-likeness (QED) is 0.436. The Labute approximate surface area is 124 Å². The number of rotatable bonds is 3. The highest BCUT2D eigenvalue weighted by atomic mass is 16.6. The summed E-state index contributed by atoms with van der Waals surface area (Å²) >= 11 is 0. The molecule has 3 N–H and O–H groups in total. The summed E-state index contributed by atoms with van der Waals surface area (Å²) in [5, 5.41) is 24.7. The zero-order valence-electron chi connectivity index (χ0n) is 11.2. The fourth-order valence-corrected chi connectivity index (χ4v) is 2.03. The first-order valence-electron chi connectivity index (χ1n) is 6.31. The number of hydrogen-bond acceptors (Lipinski definition) is 6. The minimum Gasteiger partial charge on any atom is -0.507 e. The van der Waals surface area contributed by atoms with Gasteiger partial charge in [0.2, 0.25) is 5.95 Å². The van der Waals surface area contributed by atoms with E-state index in [2.05, 4.69) is 10.1 Å². The van der Waals surface area contributed by atoms with Crippen LogP contribution >= 0.6 is 0 Å². The number of aromatic nitrogens is 2. The summed E-state index contributed by atoms with van der Waals surface area (Å²) in [4.78, 5) is 14.4. The highest BCUT2D eigenvalue weighted by Crippen LogP contribution is 2.22. The first-order chi connectivity index (χ1) is 10.6. The Hall–Kier alpha value is -3.42. The summed E-state index contributed by atoms with van der Waals surface area (Å²) in [6, 6.07) is 10.9. The Morgan fingerprint density at radius 2 is 2.09 bits per heavy atom. The minimum absolute atomic E-state index is 0.114. The number of para-hydroxylation sites is 2. The van der Waals surface area contributed by atoms with Crippen LogP contribution in [0.3, 0.4) is 0 Å². The lowest BCUT2D eigenvalue weighted by molar-refractivity contribution is -0.384. The Balaban J connectivity index is 2.05. The van der Waals surface area contributed by atoms with Crippen LogP contribution in [0.15, 0.2) is 47.6 Å². The Bertz CT molecular complexity index is 901. The average molecular weight is 297 g/mol. The van der Waals surface area contributed by atoms with Gasteiger partial charge in [-0.1, -0.05) is 12.1 Å². The van der Waals surface area contributed by atoms with Crippen LogP contribution in [0.4, 0.5) is 11.6 Å². The van der Waals surface area contributed by atoms with E-state index in [9.17, 15) is 15.2 Å². The van der Waals surface area contributed by atoms with Gasteiger partial charge in [-0.3, -0.25) is 10.1 Å².